The maximum Gasteiger partial charge on any atom is 0.140 e. The van der Waals surface area contributed by atoms with Crippen LogP contribution in [0.15, 0.2) is 18.2 Å². The summed E-state index contributed by atoms with van der Waals surface area (Å²) < 4.78 is 0. The lowest BCUT2D eigenvalue weighted by Crippen LogP contribution is -2.28. The van der Waals surface area contributed by atoms with E-state index in [0.29, 0.717) is 28.2 Å². The van der Waals surface area contributed by atoms with Crippen LogP contribution in [0.5, 0.6) is 0 Å². The summed E-state index contributed by atoms with van der Waals surface area (Å²) in [6, 6.07) is 5.48. The van der Waals surface area contributed by atoms with Crippen LogP contribution < -0.4 is 0 Å². The van der Waals surface area contributed by atoms with Crippen molar-refractivity contribution in [3.8, 4) is 0 Å². The van der Waals surface area contributed by atoms with E-state index in [0.717, 1.165) is 18.4 Å². The Labute approximate surface area is 125 Å². The van der Waals surface area contributed by atoms with Gasteiger partial charge in [0.1, 0.15) is 5.78 Å². The molecule has 0 aromatic heterocycles. The maximum atomic E-state index is 12.5. The van der Waals surface area contributed by atoms with Crippen LogP contribution in [-0.4, -0.2) is 5.78 Å². The van der Waals surface area contributed by atoms with Gasteiger partial charge in [-0.2, -0.15) is 0 Å². The summed E-state index contributed by atoms with van der Waals surface area (Å²) in [6.07, 6.45) is 6.31. The molecule has 1 aromatic rings. The fourth-order valence-corrected chi connectivity index (χ4v) is 3.42. The molecule has 2 rings (SSSR count). The van der Waals surface area contributed by atoms with Gasteiger partial charge in [0.15, 0.2) is 0 Å². The van der Waals surface area contributed by atoms with Crippen molar-refractivity contribution in [2.45, 2.75) is 45.4 Å². The zero-order valence-corrected chi connectivity index (χ0v) is 12.8. The van der Waals surface area contributed by atoms with Gasteiger partial charge in [-0.25, -0.2) is 0 Å². The molecule has 1 fully saturated rings. The van der Waals surface area contributed by atoms with E-state index in [2.05, 4.69) is 6.92 Å². The van der Waals surface area contributed by atoms with Gasteiger partial charge in [-0.3, -0.25) is 4.79 Å². The Balaban J connectivity index is 2.05. The van der Waals surface area contributed by atoms with Gasteiger partial charge in [-0.15, -0.1) is 0 Å². The number of benzene rings is 1. The van der Waals surface area contributed by atoms with Gasteiger partial charge in [-0.1, -0.05) is 55.5 Å². The second-order valence-electron chi connectivity index (χ2n) is 5.45. The fourth-order valence-electron chi connectivity index (χ4n) is 3.10. The number of Topliss-reactive ketones (excluding diaryl/α,β-unsaturated/α-hetero) is 1. The molecule has 0 bridgehead atoms. The topological polar surface area (TPSA) is 17.1 Å². The third-order valence-electron chi connectivity index (χ3n) is 4.21. The minimum Gasteiger partial charge on any atom is -0.299 e. The Morgan fingerprint density at radius 1 is 1.21 bits per heavy atom. The lowest BCUT2D eigenvalue weighted by Gasteiger charge is -2.29. The first-order chi connectivity index (χ1) is 9.11. The molecule has 0 saturated heterocycles. The van der Waals surface area contributed by atoms with E-state index in [4.69, 9.17) is 23.2 Å². The summed E-state index contributed by atoms with van der Waals surface area (Å²) in [5.74, 6) is 1.18. The SMILES string of the molecule is CCC1CCCCC1C(=O)Cc1ccc(Cl)c(Cl)c1. The number of hydrogen-bond donors (Lipinski definition) is 0. The van der Waals surface area contributed by atoms with Crippen LogP contribution in [0.1, 0.15) is 44.6 Å². The number of rotatable bonds is 4. The smallest absolute Gasteiger partial charge is 0.140 e. The largest absolute Gasteiger partial charge is 0.299 e. The van der Waals surface area contributed by atoms with Gasteiger partial charge >= 0.3 is 0 Å². The van der Waals surface area contributed by atoms with Gasteiger partial charge < -0.3 is 0 Å². The molecule has 1 saturated carbocycles. The van der Waals surface area contributed by atoms with E-state index in [1.165, 1.54) is 19.3 Å². The van der Waals surface area contributed by atoms with Crippen LogP contribution in [0.4, 0.5) is 0 Å². The molecule has 0 heterocycles. The van der Waals surface area contributed by atoms with E-state index in [1.54, 1.807) is 6.07 Å². The van der Waals surface area contributed by atoms with Crippen LogP contribution in [0.2, 0.25) is 10.0 Å². The summed E-state index contributed by atoms with van der Waals surface area (Å²) in [7, 11) is 0. The molecule has 3 heteroatoms. The third-order valence-corrected chi connectivity index (χ3v) is 4.95. The number of ketones is 1. The Hall–Kier alpha value is -0.530. The van der Waals surface area contributed by atoms with Gasteiger partial charge in [0.05, 0.1) is 10.0 Å². The summed E-state index contributed by atoms with van der Waals surface area (Å²) in [5.41, 5.74) is 0.972. The second-order valence-corrected chi connectivity index (χ2v) is 6.27. The van der Waals surface area contributed by atoms with Crippen LogP contribution in [0.25, 0.3) is 0 Å². The molecule has 104 valence electrons. The fraction of sp³-hybridized carbons (Fsp3) is 0.562. The lowest BCUT2D eigenvalue weighted by atomic mass is 9.74. The molecular weight excluding hydrogens is 279 g/mol. The van der Waals surface area contributed by atoms with Crippen molar-refractivity contribution in [2.75, 3.05) is 0 Å². The highest BCUT2D eigenvalue weighted by Gasteiger charge is 2.29. The molecule has 0 spiro atoms. The zero-order chi connectivity index (χ0) is 13.8. The first kappa shape index (κ1) is 14.9. The van der Waals surface area contributed by atoms with E-state index < -0.39 is 0 Å². The minimum absolute atomic E-state index is 0.244. The quantitative estimate of drug-likeness (QED) is 0.735. The molecule has 2 unspecified atom stereocenters. The average Bonchev–Trinajstić information content (AvgIpc) is 2.43. The van der Waals surface area contributed by atoms with Crippen molar-refractivity contribution in [1.82, 2.24) is 0 Å². The second kappa shape index (κ2) is 6.76. The molecule has 1 aromatic carbocycles. The van der Waals surface area contributed by atoms with E-state index >= 15 is 0 Å². The van der Waals surface area contributed by atoms with E-state index in [9.17, 15) is 4.79 Å². The number of halogens is 2. The Morgan fingerprint density at radius 2 is 1.95 bits per heavy atom. The van der Waals surface area contributed by atoms with E-state index in [-0.39, 0.29) is 5.92 Å². The van der Waals surface area contributed by atoms with Crippen LogP contribution in [0, 0.1) is 11.8 Å². The summed E-state index contributed by atoms with van der Waals surface area (Å²) in [5, 5.41) is 1.07. The number of hydrogen-bond acceptors (Lipinski definition) is 1. The van der Waals surface area contributed by atoms with Crippen LogP contribution >= 0.6 is 23.2 Å². The number of carbonyl (C=O) groups is 1. The maximum absolute atomic E-state index is 12.5. The van der Waals surface area contributed by atoms with Crippen molar-refractivity contribution in [2.24, 2.45) is 11.8 Å². The lowest BCUT2D eigenvalue weighted by molar-refractivity contribution is -0.125. The molecule has 0 N–H and O–H groups in total. The monoisotopic (exact) mass is 298 g/mol. The van der Waals surface area contributed by atoms with Crippen molar-refractivity contribution < 1.29 is 4.79 Å². The molecule has 2 atom stereocenters. The first-order valence-corrected chi connectivity index (χ1v) is 7.84. The molecule has 0 aliphatic heterocycles. The summed E-state index contributed by atoms with van der Waals surface area (Å²) in [6.45, 7) is 2.19. The van der Waals surface area contributed by atoms with Crippen LogP contribution in [-0.2, 0) is 11.2 Å². The van der Waals surface area contributed by atoms with Crippen LogP contribution in [0.3, 0.4) is 0 Å². The van der Waals surface area contributed by atoms with Crippen molar-refractivity contribution >= 4 is 29.0 Å². The molecule has 1 aliphatic rings. The highest BCUT2D eigenvalue weighted by molar-refractivity contribution is 6.42. The van der Waals surface area contributed by atoms with Gasteiger partial charge in [0.25, 0.3) is 0 Å². The zero-order valence-electron chi connectivity index (χ0n) is 11.3. The Bertz CT molecular complexity index is 456. The standard InChI is InChI=1S/C16H20Cl2O/c1-2-12-5-3-4-6-13(12)16(19)10-11-7-8-14(17)15(18)9-11/h7-9,12-13H,2-6,10H2,1H3. The average molecular weight is 299 g/mol. The Morgan fingerprint density at radius 3 is 2.63 bits per heavy atom. The van der Waals surface area contributed by atoms with Gasteiger partial charge in [0, 0.05) is 12.3 Å². The van der Waals surface area contributed by atoms with Gasteiger partial charge in [-0.05, 0) is 36.5 Å². The van der Waals surface area contributed by atoms with E-state index in [1.807, 2.05) is 12.1 Å². The third kappa shape index (κ3) is 3.73. The molecule has 1 aliphatic carbocycles. The normalized spacial score (nSPS) is 23.3. The highest BCUT2D eigenvalue weighted by Crippen LogP contribution is 2.34. The Kier molecular flexibility index (Phi) is 5.29. The van der Waals surface area contributed by atoms with Crippen molar-refractivity contribution in [3.63, 3.8) is 0 Å². The summed E-state index contributed by atoms with van der Waals surface area (Å²) in [4.78, 5) is 12.5. The molecule has 0 amide bonds. The first-order valence-electron chi connectivity index (χ1n) is 7.08. The van der Waals surface area contributed by atoms with Crippen molar-refractivity contribution in [3.05, 3.63) is 33.8 Å². The summed E-state index contributed by atoms with van der Waals surface area (Å²) >= 11 is 11.9. The predicted octanol–water partition coefficient (Wildman–Crippen LogP) is 5.32. The number of carbonyl (C=O) groups excluding carboxylic acids is 1. The molecule has 0 radical (unpaired) electrons. The molecule has 1 nitrogen and oxygen atoms in total. The molecule has 19 heavy (non-hydrogen) atoms. The van der Waals surface area contributed by atoms with Gasteiger partial charge in [0.2, 0.25) is 0 Å². The minimum atomic E-state index is 0.244. The molecular formula is C16H20Cl2O. The van der Waals surface area contributed by atoms with Crippen molar-refractivity contribution in [1.29, 1.82) is 0 Å². The highest BCUT2D eigenvalue weighted by atomic mass is 35.5. The predicted molar refractivity (Wildman–Crippen MR) is 80.9 cm³/mol.